The quantitative estimate of drug-likeness (QED) is 0.882. The molecule has 0 aliphatic carbocycles. The molecule has 0 radical (unpaired) electrons. The molecule has 2 aromatic rings. The second-order valence-electron chi connectivity index (χ2n) is 6.46. The second-order valence-corrected chi connectivity index (χ2v) is 6.46. The fourth-order valence-electron chi connectivity index (χ4n) is 2.19. The molecule has 4 heteroatoms. The van der Waals surface area contributed by atoms with Crippen LogP contribution in [0.4, 0.5) is 0 Å². The molecule has 0 saturated carbocycles. The maximum Gasteiger partial charge on any atom is 0.140 e. The van der Waals surface area contributed by atoms with E-state index >= 15 is 0 Å². The molecule has 2 heterocycles. The fraction of sp³-hybridized carbons (Fsp3) is 0.562. The van der Waals surface area contributed by atoms with Gasteiger partial charge >= 0.3 is 0 Å². The number of hydrogen-bond acceptors (Lipinski definition) is 3. The summed E-state index contributed by atoms with van der Waals surface area (Å²) in [5.74, 6) is 0. The fourth-order valence-corrected chi connectivity index (χ4v) is 2.19. The molecular formula is C16H25N3O. The summed E-state index contributed by atoms with van der Waals surface area (Å²) in [6, 6.07) is 4.09. The van der Waals surface area contributed by atoms with Crippen molar-refractivity contribution in [3.05, 3.63) is 30.1 Å². The van der Waals surface area contributed by atoms with Gasteiger partial charge in [0, 0.05) is 36.4 Å². The normalized spacial score (nSPS) is 13.8. The van der Waals surface area contributed by atoms with Gasteiger partial charge in [0.25, 0.3) is 0 Å². The van der Waals surface area contributed by atoms with E-state index in [-0.39, 0.29) is 11.6 Å². The standard InChI is InChI=1S/C16H25N3O/c1-12(20)7-9-19-11-13(10-18-16(2,3)4)14-6-5-8-17-15(14)19/h5-6,8,11-12,18,20H,7,9-10H2,1-4H3. The van der Waals surface area contributed by atoms with Gasteiger partial charge in [0.1, 0.15) is 5.65 Å². The molecule has 0 aliphatic rings. The van der Waals surface area contributed by atoms with Gasteiger partial charge in [-0.25, -0.2) is 4.98 Å². The van der Waals surface area contributed by atoms with Gasteiger partial charge in [0.15, 0.2) is 0 Å². The number of aromatic nitrogens is 2. The number of aliphatic hydroxyl groups excluding tert-OH is 1. The highest BCUT2D eigenvalue weighted by Gasteiger charge is 2.13. The zero-order valence-corrected chi connectivity index (χ0v) is 12.8. The second kappa shape index (κ2) is 5.94. The summed E-state index contributed by atoms with van der Waals surface area (Å²) in [5.41, 5.74) is 2.35. The first-order chi connectivity index (χ1) is 9.37. The van der Waals surface area contributed by atoms with Gasteiger partial charge in [-0.2, -0.15) is 0 Å². The minimum atomic E-state index is -0.285. The van der Waals surface area contributed by atoms with Crippen LogP contribution < -0.4 is 5.32 Å². The summed E-state index contributed by atoms with van der Waals surface area (Å²) in [5, 5.41) is 14.2. The molecule has 1 atom stereocenters. The molecule has 4 nitrogen and oxygen atoms in total. The van der Waals surface area contributed by atoms with Crippen LogP contribution >= 0.6 is 0 Å². The first kappa shape index (κ1) is 15.0. The molecule has 0 bridgehead atoms. The van der Waals surface area contributed by atoms with E-state index in [1.54, 1.807) is 0 Å². The monoisotopic (exact) mass is 275 g/mol. The van der Waals surface area contributed by atoms with Gasteiger partial charge in [-0.05, 0) is 51.8 Å². The van der Waals surface area contributed by atoms with Gasteiger partial charge in [-0.1, -0.05) is 0 Å². The van der Waals surface area contributed by atoms with Crippen molar-refractivity contribution in [1.29, 1.82) is 0 Å². The SMILES string of the molecule is CC(O)CCn1cc(CNC(C)(C)C)c2cccnc21. The molecule has 0 saturated heterocycles. The Bertz CT molecular complexity index is 567. The van der Waals surface area contributed by atoms with Gasteiger partial charge in [-0.15, -0.1) is 0 Å². The van der Waals surface area contributed by atoms with Crippen molar-refractivity contribution in [2.24, 2.45) is 0 Å². The Hall–Kier alpha value is -1.39. The topological polar surface area (TPSA) is 50.1 Å². The minimum absolute atomic E-state index is 0.0935. The van der Waals surface area contributed by atoms with Crippen molar-refractivity contribution in [3.8, 4) is 0 Å². The van der Waals surface area contributed by atoms with Crippen LogP contribution in [0.2, 0.25) is 0 Å². The summed E-state index contributed by atoms with van der Waals surface area (Å²) in [6.07, 6.45) is 4.43. The van der Waals surface area contributed by atoms with E-state index < -0.39 is 0 Å². The molecule has 1 unspecified atom stereocenters. The Morgan fingerprint density at radius 1 is 1.40 bits per heavy atom. The molecule has 0 fully saturated rings. The lowest BCUT2D eigenvalue weighted by molar-refractivity contribution is 0.178. The molecule has 20 heavy (non-hydrogen) atoms. The molecule has 0 amide bonds. The number of fused-ring (bicyclic) bond motifs is 1. The van der Waals surface area contributed by atoms with E-state index in [1.165, 1.54) is 10.9 Å². The Morgan fingerprint density at radius 3 is 2.80 bits per heavy atom. The summed E-state index contributed by atoms with van der Waals surface area (Å²) >= 11 is 0. The van der Waals surface area contributed by atoms with Crippen LogP contribution in [0.15, 0.2) is 24.5 Å². The van der Waals surface area contributed by atoms with Crippen LogP contribution in [0.5, 0.6) is 0 Å². The maximum absolute atomic E-state index is 9.46. The highest BCUT2D eigenvalue weighted by Crippen LogP contribution is 2.20. The van der Waals surface area contributed by atoms with Gasteiger partial charge < -0.3 is 15.0 Å². The number of pyridine rings is 1. The van der Waals surface area contributed by atoms with Gasteiger partial charge in [0.05, 0.1) is 6.10 Å². The van der Waals surface area contributed by atoms with Crippen molar-refractivity contribution < 1.29 is 5.11 Å². The molecule has 2 rings (SSSR count). The Kier molecular flexibility index (Phi) is 4.45. The Balaban J connectivity index is 2.26. The third-order valence-electron chi connectivity index (χ3n) is 3.31. The predicted molar refractivity (Wildman–Crippen MR) is 82.6 cm³/mol. The zero-order chi connectivity index (χ0) is 14.8. The first-order valence-electron chi connectivity index (χ1n) is 7.22. The average Bonchev–Trinajstić information content (AvgIpc) is 2.71. The maximum atomic E-state index is 9.46. The highest BCUT2D eigenvalue weighted by molar-refractivity contribution is 5.80. The van der Waals surface area contributed by atoms with E-state index in [1.807, 2.05) is 19.2 Å². The molecule has 110 valence electrons. The average molecular weight is 275 g/mol. The summed E-state index contributed by atoms with van der Waals surface area (Å²) < 4.78 is 2.14. The number of nitrogens with one attached hydrogen (secondary N) is 1. The van der Waals surface area contributed by atoms with Crippen LogP contribution in [0.3, 0.4) is 0 Å². The summed E-state index contributed by atoms with van der Waals surface area (Å²) in [4.78, 5) is 4.48. The molecular weight excluding hydrogens is 250 g/mol. The predicted octanol–water partition coefficient (Wildman–Crippen LogP) is 2.70. The lowest BCUT2D eigenvalue weighted by atomic mass is 10.1. The van der Waals surface area contributed by atoms with E-state index in [4.69, 9.17) is 0 Å². The third kappa shape index (κ3) is 3.81. The van der Waals surface area contributed by atoms with Crippen molar-refractivity contribution in [2.75, 3.05) is 0 Å². The Morgan fingerprint density at radius 2 is 2.15 bits per heavy atom. The molecule has 2 N–H and O–H groups in total. The van der Waals surface area contributed by atoms with Crippen LogP contribution in [0.25, 0.3) is 11.0 Å². The lowest BCUT2D eigenvalue weighted by Crippen LogP contribution is -2.34. The van der Waals surface area contributed by atoms with E-state index in [9.17, 15) is 5.11 Å². The zero-order valence-electron chi connectivity index (χ0n) is 12.8. The largest absolute Gasteiger partial charge is 0.393 e. The molecule has 0 spiro atoms. The highest BCUT2D eigenvalue weighted by atomic mass is 16.3. The number of nitrogens with zero attached hydrogens (tertiary/aromatic N) is 2. The Labute approximate surface area is 120 Å². The van der Waals surface area contributed by atoms with Crippen LogP contribution in [0.1, 0.15) is 39.7 Å². The van der Waals surface area contributed by atoms with E-state index in [0.717, 1.165) is 25.2 Å². The van der Waals surface area contributed by atoms with Crippen molar-refractivity contribution in [3.63, 3.8) is 0 Å². The molecule has 0 aliphatic heterocycles. The van der Waals surface area contributed by atoms with Gasteiger partial charge in [0.2, 0.25) is 0 Å². The molecule has 2 aromatic heterocycles. The number of hydrogen-bond donors (Lipinski definition) is 2. The molecule has 0 aromatic carbocycles. The van der Waals surface area contributed by atoms with Crippen molar-refractivity contribution in [1.82, 2.24) is 14.9 Å². The number of rotatable bonds is 5. The summed E-state index contributed by atoms with van der Waals surface area (Å²) in [7, 11) is 0. The summed E-state index contributed by atoms with van der Waals surface area (Å²) in [6.45, 7) is 9.93. The van der Waals surface area contributed by atoms with Crippen molar-refractivity contribution in [2.45, 2.75) is 58.8 Å². The van der Waals surface area contributed by atoms with E-state index in [0.29, 0.717) is 0 Å². The van der Waals surface area contributed by atoms with Crippen LogP contribution in [-0.4, -0.2) is 26.3 Å². The first-order valence-corrected chi connectivity index (χ1v) is 7.22. The van der Waals surface area contributed by atoms with Crippen LogP contribution in [-0.2, 0) is 13.1 Å². The van der Waals surface area contributed by atoms with Crippen molar-refractivity contribution >= 4 is 11.0 Å². The lowest BCUT2D eigenvalue weighted by Gasteiger charge is -2.20. The number of aliphatic hydroxyl groups is 1. The minimum Gasteiger partial charge on any atom is -0.393 e. The smallest absolute Gasteiger partial charge is 0.140 e. The van der Waals surface area contributed by atoms with Crippen LogP contribution in [0, 0.1) is 0 Å². The van der Waals surface area contributed by atoms with E-state index in [2.05, 4.69) is 47.9 Å². The number of aryl methyl sites for hydroxylation is 1. The van der Waals surface area contributed by atoms with Gasteiger partial charge in [-0.3, -0.25) is 0 Å². The third-order valence-corrected chi connectivity index (χ3v) is 3.31.